The predicted octanol–water partition coefficient (Wildman–Crippen LogP) is 4.60. The highest BCUT2D eigenvalue weighted by atomic mass is 35.5. The molecule has 0 aliphatic carbocycles. The summed E-state index contributed by atoms with van der Waals surface area (Å²) < 4.78 is 5.34. The van der Waals surface area contributed by atoms with Gasteiger partial charge in [0.25, 0.3) is 0 Å². The third-order valence-corrected chi connectivity index (χ3v) is 4.36. The van der Waals surface area contributed by atoms with Gasteiger partial charge in [-0.25, -0.2) is 4.98 Å². The molecule has 0 saturated heterocycles. The molecule has 2 aromatic rings. The summed E-state index contributed by atoms with van der Waals surface area (Å²) in [5, 5.41) is 5.20. The third-order valence-electron chi connectivity index (χ3n) is 2.87. The fourth-order valence-electron chi connectivity index (χ4n) is 2.04. The quantitative estimate of drug-likeness (QED) is 0.895. The second-order valence-electron chi connectivity index (χ2n) is 4.39. The van der Waals surface area contributed by atoms with E-state index in [0.717, 1.165) is 22.1 Å². The SMILES string of the molecule is COc1ccc(Cl)cc1NC(C)c1sc(C)nc1C. The molecule has 0 fully saturated rings. The normalized spacial score (nSPS) is 12.3. The van der Waals surface area contributed by atoms with E-state index in [1.807, 2.05) is 32.0 Å². The van der Waals surface area contributed by atoms with Crippen LogP contribution in [0.4, 0.5) is 5.69 Å². The molecule has 2 rings (SSSR count). The van der Waals surface area contributed by atoms with E-state index in [2.05, 4.69) is 17.2 Å². The van der Waals surface area contributed by atoms with E-state index in [9.17, 15) is 0 Å². The van der Waals surface area contributed by atoms with Gasteiger partial charge in [0.2, 0.25) is 0 Å². The van der Waals surface area contributed by atoms with Gasteiger partial charge in [0.05, 0.1) is 29.5 Å². The highest BCUT2D eigenvalue weighted by Crippen LogP contribution is 2.33. The summed E-state index contributed by atoms with van der Waals surface area (Å²) in [6.07, 6.45) is 0. The maximum absolute atomic E-state index is 6.03. The molecule has 1 N–H and O–H groups in total. The highest BCUT2D eigenvalue weighted by molar-refractivity contribution is 7.11. The summed E-state index contributed by atoms with van der Waals surface area (Å²) in [4.78, 5) is 5.69. The van der Waals surface area contributed by atoms with E-state index in [1.54, 1.807) is 18.4 Å². The number of nitrogens with zero attached hydrogens (tertiary/aromatic N) is 1. The molecule has 5 heteroatoms. The van der Waals surface area contributed by atoms with Crippen LogP contribution in [0.25, 0.3) is 0 Å². The van der Waals surface area contributed by atoms with Gasteiger partial charge < -0.3 is 10.1 Å². The van der Waals surface area contributed by atoms with Gasteiger partial charge in [-0.1, -0.05) is 11.6 Å². The van der Waals surface area contributed by atoms with E-state index in [0.29, 0.717) is 5.02 Å². The van der Waals surface area contributed by atoms with Crippen molar-refractivity contribution >= 4 is 28.6 Å². The van der Waals surface area contributed by atoms with Crippen molar-refractivity contribution in [2.45, 2.75) is 26.8 Å². The van der Waals surface area contributed by atoms with Gasteiger partial charge in [-0.15, -0.1) is 11.3 Å². The molecule has 1 aromatic carbocycles. The number of aryl methyl sites for hydroxylation is 2. The molecule has 19 heavy (non-hydrogen) atoms. The van der Waals surface area contributed by atoms with Gasteiger partial charge in [-0.3, -0.25) is 0 Å². The van der Waals surface area contributed by atoms with Crippen molar-refractivity contribution in [1.29, 1.82) is 0 Å². The van der Waals surface area contributed by atoms with E-state index in [1.165, 1.54) is 4.88 Å². The summed E-state index contributed by atoms with van der Waals surface area (Å²) in [5.41, 5.74) is 1.97. The molecule has 0 aliphatic heterocycles. The van der Waals surface area contributed by atoms with Gasteiger partial charge in [-0.2, -0.15) is 0 Å². The Labute approximate surface area is 122 Å². The average Bonchev–Trinajstić information content (AvgIpc) is 2.69. The van der Waals surface area contributed by atoms with Crippen molar-refractivity contribution in [3.63, 3.8) is 0 Å². The number of halogens is 1. The van der Waals surface area contributed by atoms with E-state index < -0.39 is 0 Å². The van der Waals surface area contributed by atoms with Crippen LogP contribution in [-0.4, -0.2) is 12.1 Å². The fourth-order valence-corrected chi connectivity index (χ4v) is 3.14. The van der Waals surface area contributed by atoms with Crippen molar-refractivity contribution in [2.24, 2.45) is 0 Å². The van der Waals surface area contributed by atoms with Crippen LogP contribution >= 0.6 is 22.9 Å². The maximum atomic E-state index is 6.03. The molecule has 1 aromatic heterocycles. The minimum Gasteiger partial charge on any atom is -0.495 e. The lowest BCUT2D eigenvalue weighted by molar-refractivity contribution is 0.416. The zero-order valence-electron chi connectivity index (χ0n) is 11.5. The highest BCUT2D eigenvalue weighted by Gasteiger charge is 2.14. The topological polar surface area (TPSA) is 34.1 Å². The number of methoxy groups -OCH3 is 1. The molecule has 1 heterocycles. The number of hydrogen-bond donors (Lipinski definition) is 1. The maximum Gasteiger partial charge on any atom is 0.142 e. The number of nitrogens with one attached hydrogen (secondary N) is 1. The Morgan fingerprint density at radius 2 is 2.11 bits per heavy atom. The Morgan fingerprint density at radius 1 is 1.37 bits per heavy atom. The van der Waals surface area contributed by atoms with Crippen LogP contribution in [0.3, 0.4) is 0 Å². The van der Waals surface area contributed by atoms with Crippen LogP contribution in [0.5, 0.6) is 5.75 Å². The molecular formula is C14H17ClN2OS. The van der Waals surface area contributed by atoms with Crippen LogP contribution in [0.2, 0.25) is 5.02 Å². The second kappa shape index (κ2) is 5.80. The number of thiazole rings is 1. The molecule has 0 radical (unpaired) electrons. The Bertz CT molecular complexity index is 583. The molecular weight excluding hydrogens is 280 g/mol. The van der Waals surface area contributed by atoms with Gasteiger partial charge in [0.15, 0.2) is 0 Å². The summed E-state index contributed by atoms with van der Waals surface area (Å²) in [6, 6.07) is 5.72. The van der Waals surface area contributed by atoms with E-state index >= 15 is 0 Å². The fraction of sp³-hybridized carbons (Fsp3) is 0.357. The molecule has 0 spiro atoms. The number of anilines is 1. The van der Waals surface area contributed by atoms with Crippen LogP contribution in [0.15, 0.2) is 18.2 Å². The van der Waals surface area contributed by atoms with Crippen LogP contribution < -0.4 is 10.1 Å². The lowest BCUT2D eigenvalue weighted by atomic mass is 10.2. The number of aromatic nitrogens is 1. The minimum atomic E-state index is 0.165. The van der Waals surface area contributed by atoms with Crippen LogP contribution in [-0.2, 0) is 0 Å². The second-order valence-corrected chi connectivity index (χ2v) is 6.06. The first-order valence-electron chi connectivity index (χ1n) is 6.05. The van der Waals surface area contributed by atoms with Crippen molar-refractivity contribution < 1.29 is 4.74 Å². The van der Waals surface area contributed by atoms with E-state index in [-0.39, 0.29) is 6.04 Å². The first-order valence-corrected chi connectivity index (χ1v) is 7.24. The summed E-state index contributed by atoms with van der Waals surface area (Å²) in [5.74, 6) is 0.787. The molecule has 0 saturated carbocycles. The Kier molecular flexibility index (Phi) is 4.32. The standard InChI is InChI=1S/C14H17ClN2OS/c1-8-14(19-10(3)16-8)9(2)17-12-7-11(15)5-6-13(12)18-4/h5-7,9,17H,1-4H3. The molecule has 1 unspecified atom stereocenters. The summed E-state index contributed by atoms with van der Waals surface area (Å²) in [7, 11) is 1.65. The Balaban J connectivity index is 2.25. The van der Waals surface area contributed by atoms with Crippen LogP contribution in [0, 0.1) is 13.8 Å². The summed E-state index contributed by atoms with van der Waals surface area (Å²) in [6.45, 7) is 6.17. The van der Waals surface area contributed by atoms with Crippen molar-refractivity contribution in [1.82, 2.24) is 4.98 Å². The van der Waals surface area contributed by atoms with E-state index in [4.69, 9.17) is 16.3 Å². The molecule has 102 valence electrons. The number of ether oxygens (including phenoxy) is 1. The lowest BCUT2D eigenvalue weighted by Gasteiger charge is -2.17. The summed E-state index contributed by atoms with van der Waals surface area (Å²) >= 11 is 7.75. The predicted molar refractivity (Wildman–Crippen MR) is 81.6 cm³/mol. The Morgan fingerprint density at radius 3 is 2.68 bits per heavy atom. The number of rotatable bonds is 4. The first kappa shape index (κ1) is 14.2. The number of benzene rings is 1. The molecule has 0 amide bonds. The Hall–Kier alpha value is -1.26. The largest absolute Gasteiger partial charge is 0.495 e. The van der Waals surface area contributed by atoms with Crippen LogP contribution in [0.1, 0.15) is 28.5 Å². The molecule has 3 nitrogen and oxygen atoms in total. The van der Waals surface area contributed by atoms with Gasteiger partial charge in [0, 0.05) is 9.90 Å². The molecule has 1 atom stereocenters. The van der Waals surface area contributed by atoms with Crippen molar-refractivity contribution in [2.75, 3.05) is 12.4 Å². The van der Waals surface area contributed by atoms with Gasteiger partial charge in [-0.05, 0) is 39.0 Å². The lowest BCUT2D eigenvalue weighted by Crippen LogP contribution is -2.07. The zero-order valence-corrected chi connectivity index (χ0v) is 13.0. The third kappa shape index (κ3) is 3.19. The smallest absolute Gasteiger partial charge is 0.142 e. The average molecular weight is 297 g/mol. The van der Waals surface area contributed by atoms with Crippen molar-refractivity contribution in [3.05, 3.63) is 38.8 Å². The zero-order chi connectivity index (χ0) is 14.0. The van der Waals surface area contributed by atoms with Crippen molar-refractivity contribution in [3.8, 4) is 5.75 Å². The number of hydrogen-bond acceptors (Lipinski definition) is 4. The molecule has 0 bridgehead atoms. The first-order chi connectivity index (χ1) is 9.01. The van der Waals surface area contributed by atoms with Gasteiger partial charge >= 0.3 is 0 Å². The van der Waals surface area contributed by atoms with Gasteiger partial charge in [0.1, 0.15) is 5.75 Å². The minimum absolute atomic E-state index is 0.165. The monoisotopic (exact) mass is 296 g/mol. The molecule has 0 aliphatic rings.